The number of rotatable bonds is 23. The van der Waals surface area contributed by atoms with Gasteiger partial charge in [0, 0.05) is 0 Å². The molecular weight excluding hydrogens is 737 g/mol. The van der Waals surface area contributed by atoms with Gasteiger partial charge in [0.1, 0.15) is 24.7 Å². The van der Waals surface area contributed by atoms with Crippen molar-refractivity contribution in [2.24, 2.45) is 23.7 Å². The van der Waals surface area contributed by atoms with E-state index in [1.807, 2.05) is 12.2 Å². The van der Waals surface area contributed by atoms with Crippen LogP contribution in [0.1, 0.15) is 151 Å². The van der Waals surface area contributed by atoms with E-state index in [9.17, 15) is 29.4 Å². The van der Waals surface area contributed by atoms with Crippen LogP contribution < -0.4 is 9.47 Å². The quantitative estimate of drug-likeness (QED) is 0.0632. The zero-order chi connectivity index (χ0) is 42.0. The maximum absolute atomic E-state index is 13.2. The molecule has 0 saturated heterocycles. The number of carboxylic acids is 2. The Labute approximate surface area is 345 Å². The molecule has 0 aliphatic heterocycles. The fraction of sp³-hybridized carbons (Fsp3) is 0.583. The molecule has 2 N–H and O–H groups in total. The molecule has 0 bridgehead atoms. The van der Waals surface area contributed by atoms with Crippen molar-refractivity contribution >= 4 is 23.9 Å². The van der Waals surface area contributed by atoms with Crippen LogP contribution in [0.4, 0.5) is 0 Å². The summed E-state index contributed by atoms with van der Waals surface area (Å²) in [7, 11) is 0. The van der Waals surface area contributed by atoms with Gasteiger partial charge in [-0.25, -0.2) is 19.2 Å². The Balaban J connectivity index is 1.26. The minimum absolute atomic E-state index is 0.0410. The number of allylic oxidation sites excluding steroid dienone is 2. The van der Waals surface area contributed by atoms with Gasteiger partial charge in [-0.15, -0.1) is 0 Å². The van der Waals surface area contributed by atoms with Crippen LogP contribution in [0, 0.1) is 23.7 Å². The number of carbonyl (C=O) groups is 4. The number of aliphatic carboxylic acids is 2. The normalized spacial score (nSPS) is 21.8. The molecule has 318 valence electrons. The molecule has 2 atom stereocenters. The smallest absolute Gasteiger partial charge is 0.352 e. The lowest BCUT2D eigenvalue weighted by molar-refractivity contribution is -0.200. The third kappa shape index (κ3) is 13.5. The zero-order valence-corrected chi connectivity index (χ0v) is 35.1. The molecule has 0 aromatic heterocycles. The Morgan fingerprint density at radius 3 is 1.22 bits per heavy atom. The highest BCUT2D eigenvalue weighted by Crippen LogP contribution is 2.35. The van der Waals surface area contributed by atoms with Gasteiger partial charge in [-0.2, -0.15) is 0 Å². The van der Waals surface area contributed by atoms with Gasteiger partial charge in [-0.1, -0.05) is 89.5 Å². The number of hydrogen-bond acceptors (Lipinski definition) is 8. The molecule has 10 nitrogen and oxygen atoms in total. The van der Waals surface area contributed by atoms with Crippen LogP contribution in [-0.2, 0) is 19.1 Å². The monoisotopic (exact) mass is 802 g/mol. The largest absolute Gasteiger partial charge is 0.490 e. The fourth-order valence-electron chi connectivity index (χ4n) is 8.04. The highest BCUT2D eigenvalue weighted by atomic mass is 16.6. The Hall–Kier alpha value is -4.60. The van der Waals surface area contributed by atoms with E-state index in [2.05, 4.69) is 26.0 Å². The summed E-state index contributed by atoms with van der Waals surface area (Å²) in [5.74, 6) is -2.07. The summed E-state index contributed by atoms with van der Waals surface area (Å²) >= 11 is 0. The standard InChI is InChI=1S/C48H66O10/c1-5-7-9-13-35-17-21-37(22-18-35)15-11-33-55-41-29-25-39(26-30-41)43(49)57-47(3,45(51)52)48(4,46(53)54)58-44(50)40-27-31-42(32-28-40)56-34-12-16-38-23-19-36(20-24-38)14-10-8-6-2/h11-12,15-16,25-32,35-38H,5-10,13-14,17-24,33-34H2,1-4H3,(H,51,52)(H,53,54)/t35-,36-,37-,38-,47-,48-/m0/s1. The first kappa shape index (κ1) is 46.1. The number of esters is 2. The molecule has 0 radical (unpaired) electrons. The lowest BCUT2D eigenvalue weighted by Gasteiger charge is -2.38. The Morgan fingerprint density at radius 2 is 0.914 bits per heavy atom. The zero-order valence-electron chi connectivity index (χ0n) is 35.1. The Kier molecular flexibility index (Phi) is 18.4. The first-order valence-electron chi connectivity index (χ1n) is 21.6. The second kappa shape index (κ2) is 23.1. The third-order valence-corrected chi connectivity index (χ3v) is 12.2. The molecule has 2 aromatic carbocycles. The molecule has 58 heavy (non-hydrogen) atoms. The van der Waals surface area contributed by atoms with Gasteiger partial charge in [-0.05, 0) is 137 Å². The molecule has 2 aliphatic carbocycles. The summed E-state index contributed by atoms with van der Waals surface area (Å²) in [6.07, 6.45) is 28.8. The van der Waals surface area contributed by atoms with Crippen molar-refractivity contribution in [1.82, 2.24) is 0 Å². The molecular formula is C48H66O10. The van der Waals surface area contributed by atoms with Crippen molar-refractivity contribution in [1.29, 1.82) is 0 Å². The van der Waals surface area contributed by atoms with Crippen LogP contribution >= 0.6 is 0 Å². The fourth-order valence-corrected chi connectivity index (χ4v) is 8.04. The van der Waals surface area contributed by atoms with Gasteiger partial charge in [0.2, 0.25) is 0 Å². The van der Waals surface area contributed by atoms with Gasteiger partial charge in [-0.3, -0.25) is 0 Å². The van der Waals surface area contributed by atoms with E-state index in [1.165, 1.54) is 127 Å². The van der Waals surface area contributed by atoms with Crippen LogP contribution in [-0.4, -0.2) is 58.5 Å². The number of benzene rings is 2. The van der Waals surface area contributed by atoms with Crippen LogP contribution in [0.2, 0.25) is 0 Å². The second-order valence-electron chi connectivity index (χ2n) is 16.5. The molecule has 0 unspecified atom stereocenters. The summed E-state index contributed by atoms with van der Waals surface area (Å²) in [5, 5.41) is 20.4. The Morgan fingerprint density at radius 1 is 0.569 bits per heavy atom. The molecule has 2 fully saturated rings. The van der Waals surface area contributed by atoms with Crippen molar-refractivity contribution in [2.45, 2.75) is 142 Å². The first-order valence-corrected chi connectivity index (χ1v) is 21.6. The molecule has 4 rings (SSSR count). The number of unbranched alkanes of at least 4 members (excludes halogenated alkanes) is 4. The van der Waals surface area contributed by atoms with Gasteiger partial charge < -0.3 is 29.2 Å². The minimum Gasteiger partial charge on any atom is -0.490 e. The van der Waals surface area contributed by atoms with Crippen LogP contribution in [0.25, 0.3) is 0 Å². The van der Waals surface area contributed by atoms with Gasteiger partial charge in [0.25, 0.3) is 11.2 Å². The first-order chi connectivity index (χ1) is 27.9. The summed E-state index contributed by atoms with van der Waals surface area (Å²) in [5.41, 5.74) is -5.71. The molecule has 2 aliphatic rings. The second-order valence-corrected chi connectivity index (χ2v) is 16.5. The average Bonchev–Trinajstić information content (AvgIpc) is 3.22. The van der Waals surface area contributed by atoms with E-state index in [1.54, 1.807) is 24.3 Å². The van der Waals surface area contributed by atoms with Crippen molar-refractivity contribution < 1.29 is 48.3 Å². The molecule has 10 heteroatoms. The Bertz CT molecular complexity index is 1520. The van der Waals surface area contributed by atoms with Gasteiger partial charge >= 0.3 is 23.9 Å². The molecule has 0 heterocycles. The van der Waals surface area contributed by atoms with E-state index in [-0.39, 0.29) is 11.1 Å². The number of hydrogen-bond donors (Lipinski definition) is 2. The number of carbonyl (C=O) groups excluding carboxylic acids is 2. The number of ether oxygens (including phenoxy) is 4. The van der Waals surface area contributed by atoms with Crippen molar-refractivity contribution in [3.8, 4) is 11.5 Å². The summed E-state index contributed by atoms with van der Waals surface area (Å²) in [6, 6.07) is 11.8. The van der Waals surface area contributed by atoms with Crippen LogP contribution in [0.3, 0.4) is 0 Å². The SMILES string of the molecule is CCCCC[C@H]1CC[C@H](C=CCOc2ccc(C(=O)O[C@@](C)(C(=O)O)[C@@](C)(OC(=O)c3ccc(OCC=C[C@H]4CC[C@H](CCCCC)CC4)cc3)C(=O)O)cc2)CC1. The van der Waals surface area contributed by atoms with Gasteiger partial charge in [0.15, 0.2) is 0 Å². The maximum atomic E-state index is 13.2. The average molecular weight is 803 g/mol. The van der Waals surface area contributed by atoms with E-state index >= 15 is 0 Å². The van der Waals surface area contributed by atoms with Crippen molar-refractivity contribution in [2.75, 3.05) is 13.2 Å². The minimum atomic E-state index is -2.82. The topological polar surface area (TPSA) is 146 Å². The van der Waals surface area contributed by atoms with E-state index in [0.717, 1.165) is 25.7 Å². The highest BCUT2D eigenvalue weighted by molar-refractivity contribution is 5.99. The molecule has 0 spiro atoms. The summed E-state index contributed by atoms with van der Waals surface area (Å²) in [4.78, 5) is 51.7. The molecule has 2 saturated carbocycles. The lowest BCUT2D eigenvalue weighted by Crippen LogP contribution is -2.64. The number of carboxylic acid groups (broad SMARTS) is 2. The van der Waals surface area contributed by atoms with Crippen molar-refractivity contribution in [3.05, 3.63) is 84.0 Å². The predicted molar refractivity (Wildman–Crippen MR) is 224 cm³/mol. The predicted octanol–water partition coefficient (Wildman–Crippen LogP) is 11.0. The van der Waals surface area contributed by atoms with E-state index in [4.69, 9.17) is 18.9 Å². The van der Waals surface area contributed by atoms with E-state index in [0.29, 0.717) is 36.5 Å². The van der Waals surface area contributed by atoms with E-state index < -0.39 is 35.1 Å². The lowest BCUT2D eigenvalue weighted by atomic mass is 9.79. The van der Waals surface area contributed by atoms with Crippen LogP contribution in [0.15, 0.2) is 72.8 Å². The van der Waals surface area contributed by atoms with Crippen molar-refractivity contribution in [3.63, 3.8) is 0 Å². The maximum Gasteiger partial charge on any atom is 0.352 e. The van der Waals surface area contributed by atoms with Crippen LogP contribution in [0.5, 0.6) is 11.5 Å². The highest BCUT2D eigenvalue weighted by Gasteiger charge is 2.62. The molecule has 0 amide bonds. The molecule has 2 aromatic rings. The summed E-state index contributed by atoms with van der Waals surface area (Å²) < 4.78 is 22.4. The third-order valence-electron chi connectivity index (χ3n) is 12.2. The van der Waals surface area contributed by atoms with Gasteiger partial charge in [0.05, 0.1) is 11.1 Å². The summed E-state index contributed by atoms with van der Waals surface area (Å²) in [6.45, 7) is 6.96.